The highest BCUT2D eigenvalue weighted by Crippen LogP contribution is 2.47. The Morgan fingerprint density at radius 1 is 0.955 bits per heavy atom. The molecule has 0 unspecified atom stereocenters. The van der Waals surface area contributed by atoms with E-state index in [-0.39, 0.29) is 22.7 Å². The number of hydrogen-bond acceptors (Lipinski definition) is 5. The van der Waals surface area contributed by atoms with Crippen LogP contribution in [-0.4, -0.2) is 39.9 Å². The minimum atomic E-state index is -1.71. The van der Waals surface area contributed by atoms with Crippen LogP contribution in [0.3, 0.4) is 0 Å². The van der Waals surface area contributed by atoms with Crippen molar-refractivity contribution in [3.8, 4) is 0 Å². The van der Waals surface area contributed by atoms with Crippen molar-refractivity contribution < 1.29 is 27.6 Å². The molecular weight excluding hydrogens is 571 g/mol. The molecule has 0 fully saturated rings. The number of pyridine rings is 1. The Morgan fingerprint density at radius 3 is 2.48 bits per heavy atom. The van der Waals surface area contributed by atoms with Gasteiger partial charge in [0, 0.05) is 34.6 Å². The lowest BCUT2D eigenvalue weighted by molar-refractivity contribution is -0.132. The standard InChI is InChI=1S/C33H24F3N5O3/c1-32(20-12-21(34)14-22(35)13-20)40-28(24-5-2-3-7-26(24)36)30(43)41(32)17-27(42)38-23-9-8-18-15-33(16-19(18)11-23)25-6-4-10-37-29(25)39-31(33)44/h2-14H,15-17H2,1H3,(H,38,42)(H,37,39,44)/t32-,33-/m1/s1. The predicted octanol–water partition coefficient (Wildman–Crippen LogP) is 4.63. The first-order chi connectivity index (χ1) is 21.1. The molecule has 3 aromatic carbocycles. The summed E-state index contributed by atoms with van der Waals surface area (Å²) in [6, 6.07) is 17.3. The monoisotopic (exact) mass is 595 g/mol. The zero-order valence-electron chi connectivity index (χ0n) is 23.3. The van der Waals surface area contributed by atoms with Gasteiger partial charge in [-0.05, 0) is 73.4 Å². The topological polar surface area (TPSA) is 104 Å². The number of amides is 3. The molecule has 3 heterocycles. The van der Waals surface area contributed by atoms with Gasteiger partial charge >= 0.3 is 0 Å². The molecule has 2 N–H and O–H groups in total. The Kier molecular flexibility index (Phi) is 6.17. The molecular formula is C33H24F3N5O3. The van der Waals surface area contributed by atoms with Gasteiger partial charge in [-0.1, -0.05) is 24.3 Å². The molecule has 0 bridgehead atoms. The molecule has 220 valence electrons. The molecule has 4 aromatic rings. The van der Waals surface area contributed by atoms with E-state index in [0.29, 0.717) is 30.4 Å². The quantitative estimate of drug-likeness (QED) is 0.351. The summed E-state index contributed by atoms with van der Waals surface area (Å²) in [7, 11) is 0. The Bertz CT molecular complexity index is 1930. The van der Waals surface area contributed by atoms with E-state index >= 15 is 0 Å². The number of hydrogen-bond donors (Lipinski definition) is 2. The van der Waals surface area contributed by atoms with Gasteiger partial charge in [0.25, 0.3) is 5.91 Å². The lowest BCUT2D eigenvalue weighted by atomic mass is 9.79. The summed E-state index contributed by atoms with van der Waals surface area (Å²) in [4.78, 5) is 49.9. The molecule has 1 aliphatic carbocycles. The molecule has 0 radical (unpaired) electrons. The van der Waals surface area contributed by atoms with Crippen LogP contribution < -0.4 is 10.6 Å². The molecule has 1 spiro atoms. The van der Waals surface area contributed by atoms with Gasteiger partial charge in [-0.25, -0.2) is 23.1 Å². The molecule has 3 amide bonds. The van der Waals surface area contributed by atoms with E-state index in [1.54, 1.807) is 24.4 Å². The van der Waals surface area contributed by atoms with Crippen LogP contribution in [0.2, 0.25) is 0 Å². The highest BCUT2D eigenvalue weighted by atomic mass is 19.1. The van der Waals surface area contributed by atoms with Crippen LogP contribution in [0.5, 0.6) is 0 Å². The van der Waals surface area contributed by atoms with Crippen molar-refractivity contribution in [3.63, 3.8) is 0 Å². The Hall–Kier alpha value is -5.32. The van der Waals surface area contributed by atoms with E-state index in [1.165, 1.54) is 31.2 Å². The molecule has 7 rings (SSSR count). The first-order valence-corrected chi connectivity index (χ1v) is 13.9. The van der Waals surface area contributed by atoms with Crippen LogP contribution in [0, 0.1) is 17.5 Å². The number of aromatic nitrogens is 1. The Morgan fingerprint density at radius 2 is 1.70 bits per heavy atom. The number of carbonyl (C=O) groups excluding carboxylic acids is 3. The number of rotatable bonds is 5. The van der Waals surface area contributed by atoms with Crippen molar-refractivity contribution in [1.82, 2.24) is 9.88 Å². The van der Waals surface area contributed by atoms with E-state index in [2.05, 4.69) is 20.6 Å². The maximum Gasteiger partial charge on any atom is 0.275 e. The van der Waals surface area contributed by atoms with Gasteiger partial charge in [-0.3, -0.25) is 19.3 Å². The molecule has 2 atom stereocenters. The van der Waals surface area contributed by atoms with Crippen LogP contribution in [0.15, 0.2) is 84.0 Å². The third-order valence-electron chi connectivity index (χ3n) is 8.61. The molecule has 44 heavy (non-hydrogen) atoms. The van der Waals surface area contributed by atoms with Gasteiger partial charge < -0.3 is 10.6 Å². The van der Waals surface area contributed by atoms with Crippen LogP contribution in [0.4, 0.5) is 24.7 Å². The van der Waals surface area contributed by atoms with Crippen molar-refractivity contribution >= 4 is 34.9 Å². The maximum atomic E-state index is 14.7. The van der Waals surface area contributed by atoms with Crippen molar-refractivity contribution in [2.24, 2.45) is 4.99 Å². The highest BCUT2D eigenvalue weighted by Gasteiger charge is 2.51. The van der Waals surface area contributed by atoms with Crippen molar-refractivity contribution in [1.29, 1.82) is 0 Å². The number of nitrogens with zero attached hydrogens (tertiary/aromatic N) is 3. The summed E-state index contributed by atoms with van der Waals surface area (Å²) in [5.74, 6) is -3.44. The second-order valence-corrected chi connectivity index (χ2v) is 11.3. The van der Waals surface area contributed by atoms with Crippen LogP contribution >= 0.6 is 0 Å². The Balaban J connectivity index is 1.16. The zero-order valence-corrected chi connectivity index (χ0v) is 23.3. The largest absolute Gasteiger partial charge is 0.325 e. The third kappa shape index (κ3) is 4.26. The SMILES string of the molecule is C[C@@]1(c2cc(F)cc(F)c2)N=C(c2ccccc2F)C(=O)N1CC(=O)Nc1ccc2c(c1)C[C@@]1(C2)C(=O)Nc2ncccc21. The van der Waals surface area contributed by atoms with Crippen molar-refractivity contribution in [2.75, 3.05) is 17.2 Å². The lowest BCUT2D eigenvalue weighted by Gasteiger charge is -2.33. The zero-order chi connectivity index (χ0) is 30.8. The second kappa shape index (κ2) is 9.87. The fraction of sp³-hybridized carbons (Fsp3) is 0.182. The van der Waals surface area contributed by atoms with Crippen molar-refractivity contribution in [3.05, 3.63) is 124 Å². The molecule has 0 saturated carbocycles. The van der Waals surface area contributed by atoms with Gasteiger partial charge in [-0.2, -0.15) is 0 Å². The molecule has 2 aliphatic heterocycles. The molecule has 0 saturated heterocycles. The van der Waals surface area contributed by atoms with E-state index < -0.39 is 46.9 Å². The number of benzene rings is 3. The van der Waals surface area contributed by atoms with Crippen LogP contribution in [0.25, 0.3) is 0 Å². The summed E-state index contributed by atoms with van der Waals surface area (Å²) in [6.45, 7) is 0.895. The first kappa shape index (κ1) is 27.5. The minimum absolute atomic E-state index is 0.0186. The van der Waals surface area contributed by atoms with Gasteiger partial charge in [0.15, 0.2) is 5.66 Å². The first-order valence-electron chi connectivity index (χ1n) is 13.9. The van der Waals surface area contributed by atoms with Crippen molar-refractivity contribution in [2.45, 2.75) is 30.8 Å². The third-order valence-corrected chi connectivity index (χ3v) is 8.61. The normalized spacial score (nSPS) is 21.7. The summed E-state index contributed by atoms with van der Waals surface area (Å²) in [6.07, 6.45) is 2.53. The fourth-order valence-electron chi connectivity index (χ4n) is 6.44. The number of aliphatic imine (C=N–C) groups is 1. The fourth-order valence-corrected chi connectivity index (χ4v) is 6.44. The summed E-state index contributed by atoms with van der Waals surface area (Å²) >= 11 is 0. The van der Waals surface area contributed by atoms with Gasteiger partial charge in [0.1, 0.15) is 35.5 Å². The maximum absolute atomic E-state index is 14.7. The Labute approximate surface area is 249 Å². The van der Waals surface area contributed by atoms with Gasteiger partial charge in [0.2, 0.25) is 11.8 Å². The number of anilines is 2. The van der Waals surface area contributed by atoms with Crippen LogP contribution in [0.1, 0.15) is 34.7 Å². The van der Waals surface area contributed by atoms with Gasteiger partial charge in [-0.15, -0.1) is 0 Å². The average molecular weight is 596 g/mol. The molecule has 11 heteroatoms. The second-order valence-electron chi connectivity index (χ2n) is 11.3. The summed E-state index contributed by atoms with van der Waals surface area (Å²) < 4.78 is 43.3. The molecule has 3 aliphatic rings. The van der Waals surface area contributed by atoms with E-state index in [1.807, 2.05) is 12.1 Å². The van der Waals surface area contributed by atoms with Gasteiger partial charge in [0.05, 0.1) is 5.41 Å². The smallest absolute Gasteiger partial charge is 0.275 e. The lowest BCUT2D eigenvalue weighted by Crippen LogP contribution is -2.47. The number of halogens is 3. The number of carbonyl (C=O) groups is 3. The number of fused-ring (bicyclic) bond motifs is 3. The van der Waals surface area contributed by atoms with E-state index in [9.17, 15) is 27.6 Å². The van der Waals surface area contributed by atoms with E-state index in [4.69, 9.17) is 0 Å². The number of nitrogens with one attached hydrogen (secondary N) is 2. The van der Waals surface area contributed by atoms with Crippen LogP contribution in [-0.2, 0) is 38.3 Å². The summed E-state index contributed by atoms with van der Waals surface area (Å²) in [5.41, 5.74) is 0.254. The minimum Gasteiger partial charge on any atom is -0.325 e. The highest BCUT2D eigenvalue weighted by molar-refractivity contribution is 6.47. The van der Waals surface area contributed by atoms with E-state index in [0.717, 1.165) is 33.7 Å². The molecule has 1 aromatic heterocycles. The average Bonchev–Trinajstić information content (AvgIpc) is 3.59. The summed E-state index contributed by atoms with van der Waals surface area (Å²) in [5, 5.41) is 5.65. The predicted molar refractivity (Wildman–Crippen MR) is 155 cm³/mol. The molecule has 8 nitrogen and oxygen atoms in total.